The smallest absolute Gasteiger partial charge is 0.242 e. The van der Waals surface area contributed by atoms with Crippen LogP contribution in [0.2, 0.25) is 0 Å². The topological polar surface area (TPSA) is 58.7 Å². The van der Waals surface area contributed by atoms with Gasteiger partial charge in [-0.2, -0.15) is 0 Å². The van der Waals surface area contributed by atoms with E-state index in [1.807, 2.05) is 42.1 Å². The van der Waals surface area contributed by atoms with E-state index in [1.165, 1.54) is 19.3 Å². The Morgan fingerprint density at radius 3 is 2.32 bits per heavy atom. The Balaban J connectivity index is 2.02. The van der Waals surface area contributed by atoms with E-state index >= 15 is 0 Å². The molecule has 0 saturated heterocycles. The second-order valence-electron chi connectivity index (χ2n) is 8.27. The molecule has 0 spiro atoms. The molecule has 6 heteroatoms. The number of rotatable bonds is 15. The lowest BCUT2D eigenvalue weighted by Gasteiger charge is -2.27. The molecular weight excluding hydrogens is 390 g/mol. The zero-order chi connectivity index (χ0) is 22.5. The minimum Gasteiger partial charge on any atom is -0.467 e. The third-order valence-electron chi connectivity index (χ3n) is 5.64. The highest BCUT2D eigenvalue weighted by molar-refractivity contribution is 5.84. The van der Waals surface area contributed by atoms with E-state index < -0.39 is 0 Å². The Kier molecular flexibility index (Phi) is 11.0. The van der Waals surface area contributed by atoms with Crippen molar-refractivity contribution in [1.82, 2.24) is 14.4 Å². The van der Waals surface area contributed by atoms with Crippen LogP contribution in [0.3, 0.4) is 0 Å². The van der Waals surface area contributed by atoms with Crippen LogP contribution in [0.15, 0.2) is 41.1 Å². The van der Waals surface area contributed by atoms with Gasteiger partial charge in [0.2, 0.25) is 11.8 Å². The quantitative estimate of drug-likeness (QED) is 0.369. The second kappa shape index (κ2) is 13.7. The van der Waals surface area contributed by atoms with Gasteiger partial charge < -0.3 is 18.8 Å². The lowest BCUT2D eigenvalue weighted by atomic mass is 10.1. The van der Waals surface area contributed by atoms with Gasteiger partial charge in [-0.3, -0.25) is 9.59 Å². The summed E-state index contributed by atoms with van der Waals surface area (Å²) in [6, 6.07) is 7.69. The Labute approximate surface area is 187 Å². The molecule has 0 bridgehead atoms. The van der Waals surface area contributed by atoms with E-state index in [9.17, 15) is 9.59 Å². The average Bonchev–Trinajstić information content (AvgIpc) is 3.42. The monoisotopic (exact) mass is 429 g/mol. The van der Waals surface area contributed by atoms with Crippen LogP contribution in [-0.4, -0.2) is 39.3 Å². The highest BCUT2D eigenvalue weighted by Crippen LogP contribution is 2.13. The molecule has 0 aliphatic heterocycles. The molecule has 0 fully saturated rings. The van der Waals surface area contributed by atoms with Gasteiger partial charge in [0.05, 0.1) is 25.9 Å². The third kappa shape index (κ3) is 8.64. The van der Waals surface area contributed by atoms with Gasteiger partial charge in [-0.05, 0) is 37.1 Å². The molecule has 2 aromatic rings. The number of carbonyl (C=O) groups excluding carboxylic acids is 2. The van der Waals surface area contributed by atoms with Crippen molar-refractivity contribution in [2.45, 2.75) is 78.3 Å². The van der Waals surface area contributed by atoms with E-state index in [1.54, 1.807) is 16.1 Å². The van der Waals surface area contributed by atoms with E-state index in [4.69, 9.17) is 4.42 Å². The first kappa shape index (κ1) is 24.8. The summed E-state index contributed by atoms with van der Waals surface area (Å²) in [7, 11) is 1.97. The van der Waals surface area contributed by atoms with E-state index in [0.29, 0.717) is 26.1 Å². The lowest BCUT2D eigenvalue weighted by molar-refractivity contribution is -0.141. The molecule has 0 aliphatic rings. The molecule has 2 aromatic heterocycles. The Morgan fingerprint density at radius 2 is 1.68 bits per heavy atom. The molecule has 31 heavy (non-hydrogen) atoms. The number of furan rings is 1. The fourth-order valence-corrected chi connectivity index (χ4v) is 3.62. The molecule has 0 aliphatic carbocycles. The van der Waals surface area contributed by atoms with Gasteiger partial charge in [-0.1, -0.05) is 46.0 Å². The molecule has 0 atom stereocenters. The zero-order valence-electron chi connectivity index (χ0n) is 19.5. The Bertz CT molecular complexity index is 767. The van der Waals surface area contributed by atoms with Gasteiger partial charge in [0.15, 0.2) is 0 Å². The maximum Gasteiger partial charge on any atom is 0.242 e. The summed E-state index contributed by atoms with van der Waals surface area (Å²) < 4.78 is 7.50. The van der Waals surface area contributed by atoms with Crippen molar-refractivity contribution < 1.29 is 14.0 Å². The molecule has 6 nitrogen and oxygen atoms in total. The van der Waals surface area contributed by atoms with E-state index in [0.717, 1.165) is 37.1 Å². The number of nitrogens with zero attached hydrogens (tertiary/aromatic N) is 3. The molecule has 172 valence electrons. The summed E-state index contributed by atoms with van der Waals surface area (Å²) in [5, 5.41) is 0. The van der Waals surface area contributed by atoms with Crippen molar-refractivity contribution in [3.63, 3.8) is 0 Å². The van der Waals surface area contributed by atoms with Gasteiger partial charge in [-0.15, -0.1) is 0 Å². The van der Waals surface area contributed by atoms with Gasteiger partial charge in [-0.25, -0.2) is 0 Å². The first-order valence-electron chi connectivity index (χ1n) is 11.7. The molecule has 0 unspecified atom stereocenters. The molecular formula is C25H39N3O3. The first-order valence-corrected chi connectivity index (χ1v) is 11.7. The number of aryl methyl sites for hydroxylation is 1. The van der Waals surface area contributed by atoms with Crippen LogP contribution in [0.5, 0.6) is 0 Å². The SMILES string of the molecule is CCCCCCCC(=O)N(CCCC)CC(=O)N(Cc1ccco1)Cc1cccn1C. The summed E-state index contributed by atoms with van der Waals surface area (Å²) in [6.45, 7) is 5.93. The molecule has 0 aromatic carbocycles. The van der Waals surface area contributed by atoms with Crippen molar-refractivity contribution in [2.24, 2.45) is 7.05 Å². The largest absolute Gasteiger partial charge is 0.467 e. The molecule has 2 rings (SSSR count). The number of unbranched alkanes of at least 4 members (excludes halogenated alkanes) is 5. The number of carbonyl (C=O) groups is 2. The predicted molar refractivity (Wildman–Crippen MR) is 123 cm³/mol. The van der Waals surface area contributed by atoms with Crippen LogP contribution in [0.1, 0.15) is 76.7 Å². The fraction of sp³-hybridized carbons (Fsp3) is 0.600. The van der Waals surface area contributed by atoms with Crippen LogP contribution in [0, 0.1) is 0 Å². The van der Waals surface area contributed by atoms with Gasteiger partial charge in [0.25, 0.3) is 0 Å². The van der Waals surface area contributed by atoms with Crippen molar-refractivity contribution in [3.8, 4) is 0 Å². The lowest BCUT2D eigenvalue weighted by Crippen LogP contribution is -2.43. The zero-order valence-corrected chi connectivity index (χ0v) is 19.5. The van der Waals surface area contributed by atoms with Crippen molar-refractivity contribution in [1.29, 1.82) is 0 Å². The highest BCUT2D eigenvalue weighted by Gasteiger charge is 2.22. The molecule has 0 saturated carbocycles. The van der Waals surface area contributed by atoms with Crippen molar-refractivity contribution >= 4 is 11.8 Å². The minimum atomic E-state index is -0.0481. The van der Waals surface area contributed by atoms with Gasteiger partial charge in [0, 0.05) is 31.9 Å². The van der Waals surface area contributed by atoms with Crippen LogP contribution in [-0.2, 0) is 29.7 Å². The number of amides is 2. The summed E-state index contributed by atoms with van der Waals surface area (Å²) in [5.74, 6) is 0.785. The molecule has 2 amide bonds. The summed E-state index contributed by atoms with van der Waals surface area (Å²) in [5.41, 5.74) is 1.04. The molecule has 0 radical (unpaired) electrons. The fourth-order valence-electron chi connectivity index (χ4n) is 3.62. The summed E-state index contributed by atoms with van der Waals surface area (Å²) in [4.78, 5) is 29.7. The highest BCUT2D eigenvalue weighted by atomic mass is 16.3. The first-order chi connectivity index (χ1) is 15.0. The number of hydrogen-bond donors (Lipinski definition) is 0. The van der Waals surface area contributed by atoms with Crippen molar-refractivity contribution in [2.75, 3.05) is 13.1 Å². The van der Waals surface area contributed by atoms with Crippen molar-refractivity contribution in [3.05, 3.63) is 48.2 Å². The number of aromatic nitrogens is 1. The maximum absolute atomic E-state index is 13.3. The minimum absolute atomic E-state index is 0.0481. The average molecular weight is 430 g/mol. The van der Waals surface area contributed by atoms with E-state index in [2.05, 4.69) is 13.8 Å². The summed E-state index contributed by atoms with van der Waals surface area (Å²) >= 11 is 0. The predicted octanol–water partition coefficient (Wildman–Crippen LogP) is 5.14. The third-order valence-corrected chi connectivity index (χ3v) is 5.64. The number of hydrogen-bond acceptors (Lipinski definition) is 3. The summed E-state index contributed by atoms with van der Waals surface area (Å²) in [6.07, 6.45) is 11.6. The Morgan fingerprint density at radius 1 is 0.903 bits per heavy atom. The standard InChI is InChI=1S/C25H39N3O3/c1-4-6-8-9-10-15-24(29)27(17-7-5-2)21-25(30)28(20-23-14-12-18-31-23)19-22-13-11-16-26(22)3/h11-14,16,18H,4-10,15,17,19-21H2,1-3H3. The van der Waals surface area contributed by atoms with Crippen LogP contribution < -0.4 is 0 Å². The molecule has 0 N–H and O–H groups in total. The van der Waals surface area contributed by atoms with E-state index in [-0.39, 0.29) is 18.4 Å². The maximum atomic E-state index is 13.3. The van der Waals surface area contributed by atoms with Crippen LogP contribution >= 0.6 is 0 Å². The second-order valence-corrected chi connectivity index (χ2v) is 8.27. The normalized spacial score (nSPS) is 10.9. The Hall–Kier alpha value is -2.50. The molecule has 2 heterocycles. The van der Waals surface area contributed by atoms with Crippen LogP contribution in [0.4, 0.5) is 0 Å². The van der Waals surface area contributed by atoms with Gasteiger partial charge in [0.1, 0.15) is 5.76 Å². The van der Waals surface area contributed by atoms with Crippen LogP contribution in [0.25, 0.3) is 0 Å². The van der Waals surface area contributed by atoms with Gasteiger partial charge >= 0.3 is 0 Å².